The molecule has 0 saturated heterocycles. The largest absolute Gasteiger partial charge is 0.235 e. The average Bonchev–Trinajstić information content (AvgIpc) is 2.04. The van der Waals surface area contributed by atoms with Gasteiger partial charge in [0.2, 0.25) is 0 Å². The summed E-state index contributed by atoms with van der Waals surface area (Å²) in [5, 5.41) is 1.82. The van der Waals surface area contributed by atoms with E-state index in [1.165, 1.54) is 6.33 Å². The van der Waals surface area contributed by atoms with E-state index in [4.69, 9.17) is 23.2 Å². The Hall–Kier alpha value is -0.860. The molecule has 0 aliphatic rings. The predicted molar refractivity (Wildman–Crippen MR) is 48.4 cm³/mol. The molecule has 0 amide bonds. The van der Waals surface area contributed by atoms with Gasteiger partial charge in [0.1, 0.15) is 12.5 Å². The Balaban J connectivity index is 2.89. The molecule has 1 aromatic carbocycles. The van der Waals surface area contributed by atoms with E-state index in [0.717, 1.165) is 5.39 Å². The molecule has 0 bridgehead atoms. The molecular weight excluding hydrogens is 195 g/mol. The normalized spacial score (nSPS) is 10.5. The maximum Gasteiger partial charge on any atom is 0.116 e. The van der Waals surface area contributed by atoms with Crippen molar-refractivity contribution in [3.8, 4) is 0 Å². The van der Waals surface area contributed by atoms with Crippen molar-refractivity contribution in [1.29, 1.82) is 0 Å². The molecule has 0 aliphatic carbocycles. The third-order valence-corrected chi connectivity index (χ3v) is 1.96. The van der Waals surface area contributed by atoms with Gasteiger partial charge in [-0.15, -0.1) is 0 Å². The maximum absolute atomic E-state index is 5.87. The van der Waals surface area contributed by atoms with Gasteiger partial charge in [0.25, 0.3) is 0 Å². The summed E-state index contributed by atoms with van der Waals surface area (Å²) in [6, 6.07) is 3.37. The van der Waals surface area contributed by atoms with Crippen LogP contribution in [0.15, 0.2) is 18.5 Å². The fourth-order valence-electron chi connectivity index (χ4n) is 0.967. The Bertz CT molecular complexity index is 428. The zero-order valence-corrected chi connectivity index (χ0v) is 7.39. The highest BCUT2D eigenvalue weighted by atomic mass is 35.5. The van der Waals surface area contributed by atoms with Crippen LogP contribution in [0.25, 0.3) is 10.9 Å². The van der Waals surface area contributed by atoms with Crippen LogP contribution in [0.1, 0.15) is 0 Å². The van der Waals surface area contributed by atoms with Crippen LogP contribution in [0.5, 0.6) is 0 Å². The monoisotopic (exact) mass is 197 g/mol. The zero-order valence-electron chi connectivity index (χ0n) is 5.88. The second-order valence-electron chi connectivity index (χ2n) is 2.27. The first-order chi connectivity index (χ1) is 5.77. The second kappa shape index (κ2) is 2.88. The first kappa shape index (κ1) is 7.77. The number of nitrogens with zero attached hydrogens (tertiary/aromatic N) is 2. The predicted octanol–water partition coefficient (Wildman–Crippen LogP) is 2.74. The SMILES string of the molecule is Clc1cc(Cl)c2ncn[c]c2c1. The second-order valence-corrected chi connectivity index (χ2v) is 3.11. The number of aromatic nitrogens is 2. The molecule has 2 rings (SSSR count). The third-order valence-electron chi connectivity index (χ3n) is 1.46. The van der Waals surface area contributed by atoms with Crippen LogP contribution in [0.4, 0.5) is 0 Å². The van der Waals surface area contributed by atoms with E-state index in [0.29, 0.717) is 15.6 Å². The molecule has 0 fully saturated rings. The Labute approximate surface area is 79.2 Å². The van der Waals surface area contributed by atoms with Gasteiger partial charge in [-0.25, -0.2) is 9.97 Å². The van der Waals surface area contributed by atoms with E-state index in [-0.39, 0.29) is 0 Å². The van der Waals surface area contributed by atoms with E-state index in [9.17, 15) is 0 Å². The van der Waals surface area contributed by atoms with Crippen molar-refractivity contribution in [2.75, 3.05) is 0 Å². The molecule has 4 heteroatoms. The van der Waals surface area contributed by atoms with Crippen LogP contribution in [-0.2, 0) is 0 Å². The van der Waals surface area contributed by atoms with Gasteiger partial charge >= 0.3 is 0 Å². The Morgan fingerprint density at radius 3 is 2.92 bits per heavy atom. The minimum atomic E-state index is 0.524. The summed E-state index contributed by atoms with van der Waals surface area (Å²) < 4.78 is 0. The number of hydrogen-bond donors (Lipinski definition) is 0. The van der Waals surface area contributed by atoms with E-state index >= 15 is 0 Å². The highest BCUT2D eigenvalue weighted by Gasteiger charge is 2.01. The molecule has 0 saturated carbocycles. The molecule has 0 spiro atoms. The molecule has 59 valence electrons. The summed E-state index contributed by atoms with van der Waals surface area (Å²) in [5.74, 6) is 0. The lowest BCUT2D eigenvalue weighted by Gasteiger charge is -1.97. The number of rotatable bonds is 0. The summed E-state index contributed by atoms with van der Waals surface area (Å²) in [5.41, 5.74) is 0.677. The lowest BCUT2D eigenvalue weighted by atomic mass is 10.2. The molecule has 1 radical (unpaired) electrons. The number of halogens is 2. The first-order valence-corrected chi connectivity index (χ1v) is 4.00. The summed E-state index contributed by atoms with van der Waals surface area (Å²) in [4.78, 5) is 7.73. The molecule has 0 N–H and O–H groups in total. The minimum absolute atomic E-state index is 0.524. The lowest BCUT2D eigenvalue weighted by Crippen LogP contribution is -1.82. The maximum atomic E-state index is 5.87. The summed E-state index contributed by atoms with van der Waals surface area (Å²) >= 11 is 11.6. The zero-order chi connectivity index (χ0) is 8.55. The summed E-state index contributed by atoms with van der Waals surface area (Å²) in [6.07, 6.45) is 4.16. The van der Waals surface area contributed by atoms with E-state index in [2.05, 4.69) is 16.2 Å². The van der Waals surface area contributed by atoms with E-state index < -0.39 is 0 Å². The van der Waals surface area contributed by atoms with Crippen molar-refractivity contribution in [2.24, 2.45) is 0 Å². The number of hydrogen-bond acceptors (Lipinski definition) is 2. The van der Waals surface area contributed by atoms with Crippen LogP contribution < -0.4 is 0 Å². The smallest absolute Gasteiger partial charge is 0.116 e. The highest BCUT2D eigenvalue weighted by Crippen LogP contribution is 2.24. The van der Waals surface area contributed by atoms with Crippen molar-refractivity contribution in [3.05, 3.63) is 34.7 Å². The molecule has 0 aliphatic heterocycles. The minimum Gasteiger partial charge on any atom is -0.235 e. The fraction of sp³-hybridized carbons (Fsp3) is 0. The Morgan fingerprint density at radius 2 is 2.08 bits per heavy atom. The summed E-state index contributed by atoms with van der Waals surface area (Å²) in [7, 11) is 0. The van der Waals surface area contributed by atoms with Gasteiger partial charge in [-0.2, -0.15) is 0 Å². The van der Waals surface area contributed by atoms with E-state index in [1.807, 2.05) is 0 Å². The standard InChI is InChI=1S/C8H3Cl2N2/c9-6-1-5-3-11-4-12-8(5)7(10)2-6/h1-2,4H. The summed E-state index contributed by atoms with van der Waals surface area (Å²) in [6.45, 7) is 0. The van der Waals surface area contributed by atoms with Crippen molar-refractivity contribution in [1.82, 2.24) is 9.97 Å². The molecule has 0 unspecified atom stereocenters. The molecule has 0 atom stereocenters. The van der Waals surface area contributed by atoms with Gasteiger partial charge in [-0.1, -0.05) is 23.2 Å². The van der Waals surface area contributed by atoms with Crippen LogP contribution in [0, 0.1) is 6.20 Å². The van der Waals surface area contributed by atoms with Crippen molar-refractivity contribution in [3.63, 3.8) is 0 Å². The van der Waals surface area contributed by atoms with Crippen LogP contribution in [0.3, 0.4) is 0 Å². The Morgan fingerprint density at radius 1 is 1.25 bits per heavy atom. The molecule has 1 aromatic heterocycles. The van der Waals surface area contributed by atoms with Gasteiger partial charge < -0.3 is 0 Å². The van der Waals surface area contributed by atoms with Crippen molar-refractivity contribution >= 4 is 34.1 Å². The van der Waals surface area contributed by atoms with Gasteiger partial charge in [-0.05, 0) is 12.1 Å². The van der Waals surface area contributed by atoms with Gasteiger partial charge in [0, 0.05) is 10.4 Å². The topological polar surface area (TPSA) is 25.8 Å². The van der Waals surface area contributed by atoms with E-state index in [1.54, 1.807) is 12.1 Å². The van der Waals surface area contributed by atoms with Crippen molar-refractivity contribution < 1.29 is 0 Å². The first-order valence-electron chi connectivity index (χ1n) is 3.25. The number of benzene rings is 1. The fourth-order valence-corrected chi connectivity index (χ4v) is 1.51. The average molecular weight is 198 g/mol. The van der Waals surface area contributed by atoms with Crippen LogP contribution >= 0.6 is 23.2 Å². The van der Waals surface area contributed by atoms with Crippen LogP contribution in [-0.4, -0.2) is 9.97 Å². The van der Waals surface area contributed by atoms with Gasteiger partial charge in [-0.3, -0.25) is 0 Å². The van der Waals surface area contributed by atoms with Gasteiger partial charge in [0.15, 0.2) is 0 Å². The van der Waals surface area contributed by atoms with Crippen molar-refractivity contribution in [2.45, 2.75) is 0 Å². The quantitative estimate of drug-likeness (QED) is 0.650. The molecular formula is C8H3Cl2N2. The van der Waals surface area contributed by atoms with Gasteiger partial charge in [0.05, 0.1) is 10.5 Å². The number of fused-ring (bicyclic) bond motifs is 1. The third kappa shape index (κ3) is 1.24. The lowest BCUT2D eigenvalue weighted by molar-refractivity contribution is 1.21. The molecule has 2 nitrogen and oxygen atoms in total. The Kier molecular flexibility index (Phi) is 1.87. The molecule has 12 heavy (non-hydrogen) atoms. The van der Waals surface area contributed by atoms with Crippen LogP contribution in [0.2, 0.25) is 10.0 Å². The molecule has 2 aromatic rings. The molecule has 1 heterocycles. The highest BCUT2D eigenvalue weighted by molar-refractivity contribution is 6.38.